The van der Waals surface area contributed by atoms with Crippen molar-refractivity contribution < 1.29 is 4.74 Å². The fourth-order valence-electron chi connectivity index (χ4n) is 2.17. The van der Waals surface area contributed by atoms with E-state index in [2.05, 4.69) is 48.6 Å². The third-order valence-corrected chi connectivity index (χ3v) is 3.14. The lowest BCUT2D eigenvalue weighted by Gasteiger charge is -2.27. The van der Waals surface area contributed by atoms with Crippen LogP contribution in [0.3, 0.4) is 0 Å². The lowest BCUT2D eigenvalue weighted by molar-refractivity contribution is 0.204. The number of rotatable bonds is 1. The van der Waals surface area contributed by atoms with Gasteiger partial charge in [-0.25, -0.2) is 0 Å². The van der Waals surface area contributed by atoms with Gasteiger partial charge in [0.1, 0.15) is 6.10 Å². The summed E-state index contributed by atoms with van der Waals surface area (Å²) in [6, 6.07) is 12.6. The van der Waals surface area contributed by atoms with Crippen LogP contribution in [0.15, 0.2) is 36.4 Å². The second-order valence-corrected chi connectivity index (χ2v) is 4.19. The van der Waals surface area contributed by atoms with E-state index in [1.165, 1.54) is 10.8 Å². The highest BCUT2D eigenvalue weighted by Gasteiger charge is 2.19. The maximum absolute atomic E-state index is 6.03. The normalized spacial score (nSPS) is 18.7. The van der Waals surface area contributed by atoms with Gasteiger partial charge in [0.2, 0.25) is 0 Å². The van der Waals surface area contributed by atoms with Gasteiger partial charge in [0.05, 0.1) is 12.2 Å². The Morgan fingerprint density at radius 1 is 1.25 bits per heavy atom. The van der Waals surface area contributed by atoms with Gasteiger partial charge in [0, 0.05) is 5.39 Å². The second kappa shape index (κ2) is 3.71. The summed E-state index contributed by atoms with van der Waals surface area (Å²) in [5.41, 5.74) is 1.11. The molecule has 1 atom stereocenters. The predicted molar refractivity (Wildman–Crippen MR) is 67.1 cm³/mol. The first-order valence-electron chi connectivity index (χ1n) is 5.81. The number of fused-ring (bicyclic) bond motifs is 3. The van der Waals surface area contributed by atoms with Crippen LogP contribution < -0.4 is 10.1 Å². The molecule has 0 radical (unpaired) electrons. The average molecular weight is 213 g/mol. The van der Waals surface area contributed by atoms with E-state index in [0.29, 0.717) is 6.10 Å². The highest BCUT2D eigenvalue weighted by molar-refractivity contribution is 5.93. The molecule has 82 valence electrons. The minimum absolute atomic E-state index is 0.290. The SMILES string of the molecule is CCC1CNc2ccc3ccccc3c2O1. The minimum atomic E-state index is 0.290. The van der Waals surface area contributed by atoms with E-state index in [1.807, 2.05) is 0 Å². The molecule has 0 saturated heterocycles. The van der Waals surface area contributed by atoms with Gasteiger partial charge >= 0.3 is 0 Å². The molecular weight excluding hydrogens is 198 g/mol. The molecule has 0 spiro atoms. The van der Waals surface area contributed by atoms with Crippen LogP contribution in [0.1, 0.15) is 13.3 Å². The lowest BCUT2D eigenvalue weighted by atomic mass is 10.1. The molecular formula is C14H15NO. The zero-order valence-electron chi connectivity index (χ0n) is 9.36. The Kier molecular flexibility index (Phi) is 2.21. The molecule has 0 aliphatic carbocycles. The fraction of sp³-hybridized carbons (Fsp3) is 0.286. The molecule has 1 N–H and O–H groups in total. The predicted octanol–water partition coefficient (Wildman–Crippen LogP) is 3.42. The summed E-state index contributed by atoms with van der Waals surface area (Å²) < 4.78 is 6.03. The van der Waals surface area contributed by atoms with Gasteiger partial charge in [-0.2, -0.15) is 0 Å². The van der Waals surface area contributed by atoms with Gasteiger partial charge in [-0.3, -0.25) is 0 Å². The lowest BCUT2D eigenvalue weighted by Crippen LogP contribution is -2.29. The van der Waals surface area contributed by atoms with E-state index in [1.54, 1.807) is 0 Å². The van der Waals surface area contributed by atoms with E-state index < -0.39 is 0 Å². The van der Waals surface area contributed by atoms with Crippen LogP contribution in [0.2, 0.25) is 0 Å². The maximum atomic E-state index is 6.03. The Labute approximate surface area is 95.2 Å². The maximum Gasteiger partial charge on any atom is 0.150 e. The van der Waals surface area contributed by atoms with Crippen molar-refractivity contribution in [3.05, 3.63) is 36.4 Å². The van der Waals surface area contributed by atoms with Crippen LogP contribution in [0.25, 0.3) is 10.8 Å². The summed E-state index contributed by atoms with van der Waals surface area (Å²) in [5, 5.41) is 5.87. The molecule has 0 saturated carbocycles. The monoisotopic (exact) mass is 213 g/mol. The van der Waals surface area contributed by atoms with Crippen molar-refractivity contribution in [3.8, 4) is 5.75 Å². The van der Waals surface area contributed by atoms with Gasteiger partial charge in [0.25, 0.3) is 0 Å². The van der Waals surface area contributed by atoms with Crippen LogP contribution in [-0.2, 0) is 0 Å². The summed E-state index contributed by atoms with van der Waals surface area (Å²) in [6.07, 6.45) is 1.33. The molecule has 2 nitrogen and oxygen atoms in total. The molecule has 0 amide bonds. The second-order valence-electron chi connectivity index (χ2n) is 4.19. The van der Waals surface area contributed by atoms with E-state index in [9.17, 15) is 0 Å². The van der Waals surface area contributed by atoms with Crippen molar-refractivity contribution >= 4 is 16.5 Å². The average Bonchev–Trinajstić information content (AvgIpc) is 2.38. The molecule has 3 rings (SSSR count). The number of ether oxygens (including phenoxy) is 1. The Morgan fingerprint density at radius 2 is 2.12 bits per heavy atom. The van der Waals surface area contributed by atoms with Crippen LogP contribution >= 0.6 is 0 Å². The Bertz CT molecular complexity index is 521. The summed E-state index contributed by atoms with van der Waals surface area (Å²) in [4.78, 5) is 0. The van der Waals surface area contributed by atoms with E-state index in [-0.39, 0.29) is 0 Å². The van der Waals surface area contributed by atoms with Gasteiger partial charge in [0.15, 0.2) is 5.75 Å². The fourth-order valence-corrected chi connectivity index (χ4v) is 2.17. The summed E-state index contributed by atoms with van der Waals surface area (Å²) in [6.45, 7) is 3.06. The first-order valence-corrected chi connectivity index (χ1v) is 5.81. The van der Waals surface area contributed by atoms with E-state index >= 15 is 0 Å². The van der Waals surface area contributed by atoms with Gasteiger partial charge < -0.3 is 10.1 Å². The molecule has 2 aromatic carbocycles. The number of hydrogen-bond donors (Lipinski definition) is 1. The smallest absolute Gasteiger partial charge is 0.150 e. The molecule has 2 heteroatoms. The quantitative estimate of drug-likeness (QED) is 0.783. The van der Waals surface area contributed by atoms with Crippen molar-refractivity contribution in [3.63, 3.8) is 0 Å². The van der Waals surface area contributed by atoms with Gasteiger partial charge in [-0.1, -0.05) is 37.3 Å². The Hall–Kier alpha value is -1.70. The minimum Gasteiger partial charge on any atom is -0.486 e. The largest absolute Gasteiger partial charge is 0.486 e. The summed E-state index contributed by atoms with van der Waals surface area (Å²) in [7, 11) is 0. The number of hydrogen-bond acceptors (Lipinski definition) is 2. The van der Waals surface area contributed by atoms with Crippen LogP contribution in [-0.4, -0.2) is 12.6 Å². The van der Waals surface area contributed by atoms with Crippen molar-refractivity contribution in [1.29, 1.82) is 0 Å². The van der Waals surface area contributed by atoms with Crippen molar-refractivity contribution in [2.24, 2.45) is 0 Å². The number of anilines is 1. The third kappa shape index (κ3) is 1.42. The van der Waals surface area contributed by atoms with Crippen molar-refractivity contribution in [1.82, 2.24) is 0 Å². The van der Waals surface area contributed by atoms with E-state index in [0.717, 1.165) is 24.4 Å². The molecule has 1 unspecified atom stereocenters. The Morgan fingerprint density at radius 3 is 3.00 bits per heavy atom. The molecule has 1 aliphatic heterocycles. The molecule has 0 fully saturated rings. The molecule has 1 aliphatic rings. The first kappa shape index (κ1) is 9.52. The number of benzene rings is 2. The Balaban J connectivity index is 2.17. The molecule has 2 aromatic rings. The molecule has 16 heavy (non-hydrogen) atoms. The van der Waals surface area contributed by atoms with Crippen molar-refractivity contribution in [2.45, 2.75) is 19.4 Å². The molecule has 0 bridgehead atoms. The van der Waals surface area contributed by atoms with Crippen LogP contribution in [0, 0.1) is 0 Å². The topological polar surface area (TPSA) is 21.3 Å². The first-order chi connectivity index (χ1) is 7.88. The highest BCUT2D eigenvalue weighted by Crippen LogP contribution is 2.36. The summed E-state index contributed by atoms with van der Waals surface area (Å²) in [5.74, 6) is 1.01. The molecule has 0 aromatic heterocycles. The third-order valence-electron chi connectivity index (χ3n) is 3.14. The zero-order chi connectivity index (χ0) is 11.0. The van der Waals surface area contributed by atoms with E-state index in [4.69, 9.17) is 4.74 Å². The molecule has 1 heterocycles. The van der Waals surface area contributed by atoms with Gasteiger partial charge in [-0.15, -0.1) is 0 Å². The van der Waals surface area contributed by atoms with Crippen LogP contribution in [0.5, 0.6) is 5.75 Å². The number of nitrogens with one attached hydrogen (secondary N) is 1. The summed E-state index contributed by atoms with van der Waals surface area (Å²) >= 11 is 0. The van der Waals surface area contributed by atoms with Crippen LogP contribution in [0.4, 0.5) is 5.69 Å². The standard InChI is InChI=1S/C14H15NO/c1-2-11-9-15-13-8-7-10-5-3-4-6-12(10)14(13)16-11/h3-8,11,15H,2,9H2,1H3. The van der Waals surface area contributed by atoms with Gasteiger partial charge in [-0.05, 0) is 17.9 Å². The van der Waals surface area contributed by atoms with Crippen molar-refractivity contribution in [2.75, 3.05) is 11.9 Å². The zero-order valence-corrected chi connectivity index (χ0v) is 9.36. The highest BCUT2D eigenvalue weighted by atomic mass is 16.5.